The third-order valence-corrected chi connectivity index (χ3v) is 4.25. The summed E-state index contributed by atoms with van der Waals surface area (Å²) in [6.45, 7) is 3.01. The lowest BCUT2D eigenvalue weighted by atomic mass is 10.0. The first-order chi connectivity index (χ1) is 14.8. The zero-order chi connectivity index (χ0) is 24.8. The van der Waals surface area contributed by atoms with Crippen molar-refractivity contribution < 1.29 is 34.2 Å². The molecule has 14 heteroatoms. The Bertz CT molecular complexity index is 708. The number of nitrogens with one attached hydrogen (secondary N) is 3. The number of hydrogen-bond acceptors (Lipinski definition) is 7. The number of nitrogens with two attached hydrogens (primary N) is 3. The maximum atomic E-state index is 12.6. The number of guanidine groups is 1. The average Bonchev–Trinajstić information content (AvgIpc) is 2.69. The second-order valence-electron chi connectivity index (χ2n) is 7.39. The van der Waals surface area contributed by atoms with Crippen LogP contribution in [0, 0.1) is 5.92 Å². The molecule has 0 bridgehead atoms. The second-order valence-corrected chi connectivity index (χ2v) is 7.39. The molecule has 182 valence electrons. The number of rotatable bonds is 15. The number of aliphatic imine (C=N–C) groups is 1. The molecular formula is C18H33N7O7. The Morgan fingerprint density at radius 2 is 1.59 bits per heavy atom. The number of nitrogens with zero attached hydrogens (tertiary/aromatic N) is 1. The highest BCUT2D eigenvalue weighted by Crippen LogP contribution is 2.05. The lowest BCUT2D eigenvalue weighted by Gasteiger charge is -2.24. The summed E-state index contributed by atoms with van der Waals surface area (Å²) < 4.78 is 0. The van der Waals surface area contributed by atoms with Crippen LogP contribution in [-0.4, -0.2) is 77.0 Å². The van der Waals surface area contributed by atoms with Gasteiger partial charge in [-0.1, -0.05) is 13.8 Å². The molecule has 0 aromatic carbocycles. The Morgan fingerprint density at radius 3 is 2.09 bits per heavy atom. The van der Waals surface area contributed by atoms with E-state index < -0.39 is 54.3 Å². The molecule has 11 N–H and O–H groups in total. The van der Waals surface area contributed by atoms with E-state index in [2.05, 4.69) is 20.9 Å². The first kappa shape index (κ1) is 28.6. The number of aliphatic carboxylic acids is 2. The SMILES string of the molecule is CC(C)C(NC(=O)CNC(=O)C(N)CCC(=O)O)C(=O)NC(CCCN=C(N)N)C(=O)O. The van der Waals surface area contributed by atoms with E-state index >= 15 is 0 Å². The van der Waals surface area contributed by atoms with Crippen molar-refractivity contribution >= 4 is 35.6 Å². The molecule has 0 heterocycles. The van der Waals surface area contributed by atoms with Gasteiger partial charge in [-0.25, -0.2) is 4.79 Å². The molecule has 0 aromatic heterocycles. The van der Waals surface area contributed by atoms with Gasteiger partial charge in [0.05, 0.1) is 12.6 Å². The van der Waals surface area contributed by atoms with Crippen molar-refractivity contribution in [2.75, 3.05) is 13.1 Å². The fourth-order valence-electron chi connectivity index (χ4n) is 2.49. The maximum absolute atomic E-state index is 12.6. The molecular weight excluding hydrogens is 426 g/mol. The Morgan fingerprint density at radius 1 is 0.969 bits per heavy atom. The summed E-state index contributed by atoms with van der Waals surface area (Å²) in [4.78, 5) is 62.2. The van der Waals surface area contributed by atoms with Crippen molar-refractivity contribution in [3.63, 3.8) is 0 Å². The summed E-state index contributed by atoms with van der Waals surface area (Å²) in [7, 11) is 0. The van der Waals surface area contributed by atoms with Crippen molar-refractivity contribution in [1.82, 2.24) is 16.0 Å². The van der Waals surface area contributed by atoms with Crippen LogP contribution >= 0.6 is 0 Å². The molecule has 0 aliphatic rings. The van der Waals surface area contributed by atoms with Gasteiger partial charge in [0, 0.05) is 13.0 Å². The molecule has 0 radical (unpaired) electrons. The summed E-state index contributed by atoms with van der Waals surface area (Å²) >= 11 is 0. The predicted molar refractivity (Wildman–Crippen MR) is 114 cm³/mol. The van der Waals surface area contributed by atoms with Crippen molar-refractivity contribution in [3.05, 3.63) is 0 Å². The Labute approximate surface area is 185 Å². The first-order valence-corrected chi connectivity index (χ1v) is 9.98. The van der Waals surface area contributed by atoms with Gasteiger partial charge in [0.1, 0.15) is 12.1 Å². The van der Waals surface area contributed by atoms with Gasteiger partial charge >= 0.3 is 11.9 Å². The smallest absolute Gasteiger partial charge is 0.326 e. The van der Waals surface area contributed by atoms with Crippen LogP contribution in [0.15, 0.2) is 4.99 Å². The molecule has 32 heavy (non-hydrogen) atoms. The molecule has 0 aliphatic heterocycles. The van der Waals surface area contributed by atoms with Gasteiger partial charge in [-0.2, -0.15) is 0 Å². The largest absolute Gasteiger partial charge is 0.481 e. The fourth-order valence-corrected chi connectivity index (χ4v) is 2.49. The maximum Gasteiger partial charge on any atom is 0.326 e. The van der Waals surface area contributed by atoms with E-state index in [0.29, 0.717) is 6.42 Å². The van der Waals surface area contributed by atoms with Crippen molar-refractivity contribution in [1.29, 1.82) is 0 Å². The number of hydrogen-bond donors (Lipinski definition) is 8. The van der Waals surface area contributed by atoms with Crippen LogP contribution in [0.3, 0.4) is 0 Å². The normalized spacial score (nSPS) is 13.4. The fraction of sp³-hybridized carbons (Fsp3) is 0.667. The lowest BCUT2D eigenvalue weighted by molar-refractivity contribution is -0.142. The van der Waals surface area contributed by atoms with Gasteiger partial charge in [0.2, 0.25) is 17.7 Å². The number of carbonyl (C=O) groups is 5. The van der Waals surface area contributed by atoms with Crippen LogP contribution in [0.4, 0.5) is 0 Å². The van der Waals surface area contributed by atoms with Gasteiger partial charge < -0.3 is 43.4 Å². The van der Waals surface area contributed by atoms with E-state index in [1.54, 1.807) is 13.8 Å². The van der Waals surface area contributed by atoms with E-state index in [-0.39, 0.29) is 37.7 Å². The van der Waals surface area contributed by atoms with Crippen molar-refractivity contribution in [3.8, 4) is 0 Å². The summed E-state index contributed by atoms with van der Waals surface area (Å²) in [6.07, 6.45) is -0.0183. The number of carbonyl (C=O) groups excluding carboxylic acids is 3. The average molecular weight is 460 g/mol. The van der Waals surface area contributed by atoms with Crippen LogP contribution in [0.2, 0.25) is 0 Å². The highest BCUT2D eigenvalue weighted by atomic mass is 16.4. The molecule has 0 saturated carbocycles. The summed E-state index contributed by atoms with van der Waals surface area (Å²) in [6, 6.07) is -3.36. The summed E-state index contributed by atoms with van der Waals surface area (Å²) in [5.41, 5.74) is 16.0. The Balaban J connectivity index is 4.78. The number of carboxylic acid groups (broad SMARTS) is 2. The Kier molecular flexibility index (Phi) is 13.0. The molecule has 0 aliphatic carbocycles. The van der Waals surface area contributed by atoms with Crippen LogP contribution in [0.5, 0.6) is 0 Å². The monoisotopic (exact) mass is 459 g/mol. The highest BCUT2D eigenvalue weighted by molar-refractivity contribution is 5.92. The van der Waals surface area contributed by atoms with Crippen LogP contribution in [0.1, 0.15) is 39.5 Å². The van der Waals surface area contributed by atoms with Crippen LogP contribution in [0.25, 0.3) is 0 Å². The van der Waals surface area contributed by atoms with Gasteiger partial charge in [0.25, 0.3) is 0 Å². The summed E-state index contributed by atoms with van der Waals surface area (Å²) in [5.74, 6) is -4.97. The minimum absolute atomic E-state index is 0.0703. The number of amides is 3. The van der Waals surface area contributed by atoms with Crippen LogP contribution < -0.4 is 33.2 Å². The minimum Gasteiger partial charge on any atom is -0.481 e. The van der Waals surface area contributed by atoms with Crippen LogP contribution in [-0.2, 0) is 24.0 Å². The minimum atomic E-state index is -1.25. The van der Waals surface area contributed by atoms with E-state index in [4.69, 9.17) is 22.3 Å². The molecule has 0 saturated heterocycles. The molecule has 3 atom stereocenters. The molecule has 0 fully saturated rings. The van der Waals surface area contributed by atoms with Gasteiger partial charge in [-0.15, -0.1) is 0 Å². The number of carboxylic acids is 2. The quantitative estimate of drug-likeness (QED) is 0.0702. The van der Waals surface area contributed by atoms with Gasteiger partial charge in [-0.05, 0) is 25.2 Å². The van der Waals surface area contributed by atoms with E-state index in [9.17, 15) is 29.1 Å². The van der Waals surface area contributed by atoms with E-state index in [1.165, 1.54) is 0 Å². The summed E-state index contributed by atoms with van der Waals surface area (Å²) in [5, 5.41) is 25.0. The van der Waals surface area contributed by atoms with Gasteiger partial charge in [0.15, 0.2) is 5.96 Å². The third-order valence-electron chi connectivity index (χ3n) is 4.25. The third kappa shape index (κ3) is 12.3. The molecule has 0 spiro atoms. The molecule has 0 aromatic rings. The van der Waals surface area contributed by atoms with Gasteiger partial charge in [-0.3, -0.25) is 24.2 Å². The highest BCUT2D eigenvalue weighted by Gasteiger charge is 2.28. The van der Waals surface area contributed by atoms with Crippen molar-refractivity contribution in [2.45, 2.75) is 57.7 Å². The lowest BCUT2D eigenvalue weighted by Crippen LogP contribution is -2.55. The van der Waals surface area contributed by atoms with E-state index in [0.717, 1.165) is 0 Å². The van der Waals surface area contributed by atoms with E-state index in [1.807, 2.05) is 0 Å². The zero-order valence-corrected chi connectivity index (χ0v) is 18.2. The molecule has 0 rings (SSSR count). The molecule has 3 unspecified atom stereocenters. The zero-order valence-electron chi connectivity index (χ0n) is 18.2. The topological polar surface area (TPSA) is 252 Å². The van der Waals surface area contributed by atoms with Crippen molar-refractivity contribution in [2.24, 2.45) is 28.1 Å². The Hall–Kier alpha value is -3.42. The predicted octanol–water partition coefficient (Wildman–Crippen LogP) is -2.94. The molecule has 14 nitrogen and oxygen atoms in total. The molecule has 3 amide bonds. The first-order valence-electron chi connectivity index (χ1n) is 9.98. The second kappa shape index (κ2) is 14.6. The standard InChI is InChI=1S/C18H33N7O7/c1-9(2)14(16(30)24-11(17(31)32)4-3-7-22-18(20)21)25-12(26)8-23-15(29)10(19)5-6-13(27)28/h9-11,14H,3-8,19H2,1-2H3,(H,23,29)(H,24,30)(H,25,26)(H,27,28)(H,31,32)(H4,20,21,22).